The molecule has 1 N–H and O–H groups in total. The smallest absolute Gasteiger partial charge is 0.445 e. The third kappa shape index (κ3) is 5.77. The lowest BCUT2D eigenvalue weighted by Crippen LogP contribution is -2.47. The van der Waals surface area contributed by atoms with Crippen molar-refractivity contribution in [2.45, 2.75) is 37.8 Å². The number of carbonyl (C=O) groups excluding carboxylic acids is 2. The van der Waals surface area contributed by atoms with E-state index >= 15 is 0 Å². The van der Waals surface area contributed by atoms with Gasteiger partial charge in [-0.05, 0) is 19.3 Å². The first kappa shape index (κ1) is 16.1. The van der Waals surface area contributed by atoms with E-state index in [2.05, 4.69) is 18.5 Å². The molecule has 2 atom stereocenters. The molecule has 0 spiro atoms. The number of ether oxygens (including phenoxy) is 3. The fourth-order valence-corrected chi connectivity index (χ4v) is 2.02. The molecule has 0 aromatic heterocycles. The zero-order valence-electron chi connectivity index (χ0n) is 11.5. The maximum Gasteiger partial charge on any atom is 0.508 e. The summed E-state index contributed by atoms with van der Waals surface area (Å²) in [5.74, 6) is 0. The van der Waals surface area contributed by atoms with Gasteiger partial charge in [0.25, 0.3) is 0 Å². The Balaban J connectivity index is 2.44. The van der Waals surface area contributed by atoms with E-state index in [4.69, 9.17) is 14.2 Å². The third-order valence-corrected chi connectivity index (χ3v) is 2.90. The van der Waals surface area contributed by atoms with Gasteiger partial charge in [-0.25, -0.2) is 9.59 Å². The molecule has 6 nitrogen and oxygen atoms in total. The van der Waals surface area contributed by atoms with Crippen LogP contribution in [-0.4, -0.2) is 37.6 Å². The first-order chi connectivity index (χ1) is 9.67. The quantitative estimate of drug-likeness (QED) is 0.599. The van der Waals surface area contributed by atoms with Crippen LogP contribution in [0.25, 0.3) is 0 Å². The second-order valence-corrected chi connectivity index (χ2v) is 4.43. The fraction of sp³-hybridized carbons (Fsp3) is 0.571. The molecule has 1 aliphatic rings. The topological polar surface area (TPSA) is 73.9 Å². The molecule has 0 radical (unpaired) electrons. The highest BCUT2D eigenvalue weighted by Gasteiger charge is 2.30. The summed E-state index contributed by atoms with van der Waals surface area (Å²) in [5.41, 5.74) is 0. The number of alkyl carbamates (subject to hydrolysis) is 1. The SMILES string of the molecule is C=CCOC(=O)NC1CCCCC1OC(=O)OCC=C. The van der Waals surface area contributed by atoms with E-state index in [1.807, 2.05) is 0 Å². The summed E-state index contributed by atoms with van der Waals surface area (Å²) in [7, 11) is 0. The molecule has 2 unspecified atom stereocenters. The lowest BCUT2D eigenvalue weighted by atomic mass is 9.92. The Hall–Kier alpha value is -1.98. The van der Waals surface area contributed by atoms with Crippen molar-refractivity contribution in [2.75, 3.05) is 13.2 Å². The molecule has 1 aliphatic carbocycles. The molecule has 0 bridgehead atoms. The van der Waals surface area contributed by atoms with Gasteiger partial charge in [0.05, 0.1) is 6.04 Å². The molecule has 1 rings (SSSR count). The van der Waals surface area contributed by atoms with E-state index in [-0.39, 0.29) is 19.3 Å². The number of rotatable bonds is 6. The molecule has 20 heavy (non-hydrogen) atoms. The number of amides is 1. The van der Waals surface area contributed by atoms with Crippen LogP contribution in [0.3, 0.4) is 0 Å². The second-order valence-electron chi connectivity index (χ2n) is 4.43. The van der Waals surface area contributed by atoms with E-state index in [0.29, 0.717) is 6.42 Å². The summed E-state index contributed by atoms with van der Waals surface area (Å²) >= 11 is 0. The summed E-state index contributed by atoms with van der Waals surface area (Å²) < 4.78 is 14.8. The Morgan fingerprint density at radius 1 is 1.10 bits per heavy atom. The molecule has 1 amide bonds. The molecule has 112 valence electrons. The van der Waals surface area contributed by atoms with Gasteiger partial charge in [0.15, 0.2) is 0 Å². The Morgan fingerprint density at radius 2 is 1.75 bits per heavy atom. The first-order valence-corrected chi connectivity index (χ1v) is 6.66. The van der Waals surface area contributed by atoms with Crippen LogP contribution in [-0.2, 0) is 14.2 Å². The van der Waals surface area contributed by atoms with Crippen molar-refractivity contribution in [2.24, 2.45) is 0 Å². The summed E-state index contributed by atoms with van der Waals surface area (Å²) in [6.07, 6.45) is 4.61. The Kier molecular flexibility index (Phi) is 7.24. The summed E-state index contributed by atoms with van der Waals surface area (Å²) in [6, 6.07) is -0.252. The van der Waals surface area contributed by atoms with Crippen LogP contribution >= 0.6 is 0 Å². The van der Waals surface area contributed by atoms with Gasteiger partial charge in [-0.3, -0.25) is 0 Å². The van der Waals surface area contributed by atoms with Crippen molar-refractivity contribution in [3.8, 4) is 0 Å². The van der Waals surface area contributed by atoms with Crippen LogP contribution in [0.2, 0.25) is 0 Å². The summed E-state index contributed by atoms with van der Waals surface area (Å²) in [5, 5.41) is 2.70. The van der Waals surface area contributed by atoms with E-state index in [1.54, 1.807) is 0 Å². The molecule has 1 saturated carbocycles. The van der Waals surface area contributed by atoms with Crippen molar-refractivity contribution in [3.63, 3.8) is 0 Å². The fourth-order valence-electron chi connectivity index (χ4n) is 2.02. The van der Waals surface area contributed by atoms with Gasteiger partial charge in [-0.1, -0.05) is 31.7 Å². The van der Waals surface area contributed by atoms with Crippen LogP contribution in [0.5, 0.6) is 0 Å². The minimum Gasteiger partial charge on any atom is -0.445 e. The zero-order chi connectivity index (χ0) is 14.8. The van der Waals surface area contributed by atoms with Crippen molar-refractivity contribution in [3.05, 3.63) is 25.3 Å². The Labute approximate surface area is 118 Å². The molecular weight excluding hydrogens is 262 g/mol. The molecule has 0 heterocycles. The van der Waals surface area contributed by atoms with Crippen molar-refractivity contribution < 1.29 is 23.8 Å². The molecule has 0 aromatic carbocycles. The minimum absolute atomic E-state index is 0.102. The van der Waals surface area contributed by atoms with Crippen LogP contribution in [0.4, 0.5) is 9.59 Å². The maximum absolute atomic E-state index is 11.5. The summed E-state index contributed by atoms with van der Waals surface area (Å²) in [4.78, 5) is 22.9. The average molecular weight is 283 g/mol. The lowest BCUT2D eigenvalue weighted by Gasteiger charge is -2.30. The van der Waals surface area contributed by atoms with Gasteiger partial charge in [0.2, 0.25) is 0 Å². The van der Waals surface area contributed by atoms with Gasteiger partial charge in [-0.15, -0.1) is 0 Å². The predicted octanol–water partition coefficient (Wildman–Crippen LogP) is 2.55. The monoisotopic (exact) mass is 283 g/mol. The highest BCUT2D eigenvalue weighted by molar-refractivity contribution is 5.68. The van der Waals surface area contributed by atoms with Crippen LogP contribution in [0.15, 0.2) is 25.3 Å². The predicted molar refractivity (Wildman–Crippen MR) is 73.4 cm³/mol. The molecule has 6 heteroatoms. The number of hydrogen-bond acceptors (Lipinski definition) is 5. The number of nitrogens with one attached hydrogen (secondary N) is 1. The van der Waals surface area contributed by atoms with Gasteiger partial charge < -0.3 is 19.5 Å². The van der Waals surface area contributed by atoms with Crippen molar-refractivity contribution >= 4 is 12.2 Å². The normalized spacial score (nSPS) is 21.4. The van der Waals surface area contributed by atoms with Gasteiger partial charge >= 0.3 is 12.2 Å². The van der Waals surface area contributed by atoms with E-state index in [1.165, 1.54) is 12.2 Å². The largest absolute Gasteiger partial charge is 0.508 e. The average Bonchev–Trinajstić information content (AvgIpc) is 2.45. The highest BCUT2D eigenvalue weighted by Crippen LogP contribution is 2.22. The molecule has 0 aliphatic heterocycles. The zero-order valence-corrected chi connectivity index (χ0v) is 11.5. The van der Waals surface area contributed by atoms with E-state index < -0.39 is 18.4 Å². The molecule has 1 fully saturated rings. The van der Waals surface area contributed by atoms with Crippen LogP contribution in [0.1, 0.15) is 25.7 Å². The Bertz CT molecular complexity index is 321. The molecule has 0 saturated heterocycles. The van der Waals surface area contributed by atoms with Crippen LogP contribution in [0, 0.1) is 0 Å². The Morgan fingerprint density at radius 3 is 2.45 bits per heavy atom. The third-order valence-electron chi connectivity index (χ3n) is 2.90. The number of carbonyl (C=O) groups is 2. The molecule has 0 aromatic rings. The van der Waals surface area contributed by atoms with E-state index in [9.17, 15) is 9.59 Å². The minimum atomic E-state index is -0.747. The first-order valence-electron chi connectivity index (χ1n) is 6.66. The van der Waals surface area contributed by atoms with Crippen molar-refractivity contribution in [1.82, 2.24) is 5.32 Å². The van der Waals surface area contributed by atoms with E-state index in [0.717, 1.165) is 19.3 Å². The summed E-state index contributed by atoms with van der Waals surface area (Å²) in [6.45, 7) is 7.16. The maximum atomic E-state index is 11.5. The lowest BCUT2D eigenvalue weighted by molar-refractivity contribution is 0.00222. The molecular formula is C14H21NO5. The second kappa shape index (κ2) is 9.01. The highest BCUT2D eigenvalue weighted by atomic mass is 16.7. The van der Waals surface area contributed by atoms with Crippen molar-refractivity contribution in [1.29, 1.82) is 0 Å². The number of hydrogen-bond donors (Lipinski definition) is 1. The standard InChI is InChI=1S/C14H21NO5/c1-3-9-18-13(16)15-11-7-5-6-8-12(11)20-14(17)19-10-4-2/h3-4,11-12H,1-2,5-10H2,(H,15,16). The van der Waals surface area contributed by atoms with Gasteiger partial charge in [0.1, 0.15) is 19.3 Å². The van der Waals surface area contributed by atoms with Gasteiger partial charge in [-0.2, -0.15) is 0 Å². The van der Waals surface area contributed by atoms with Crippen LogP contribution < -0.4 is 5.32 Å². The van der Waals surface area contributed by atoms with Gasteiger partial charge in [0, 0.05) is 0 Å².